The van der Waals surface area contributed by atoms with Crippen LogP contribution in [0.3, 0.4) is 0 Å². The number of carbonyl (C=O) groups excluding carboxylic acids is 2. The van der Waals surface area contributed by atoms with Crippen molar-refractivity contribution in [2.45, 2.75) is 13.5 Å². The van der Waals surface area contributed by atoms with E-state index >= 15 is 0 Å². The Labute approximate surface area is 140 Å². The van der Waals surface area contributed by atoms with E-state index in [1.54, 1.807) is 7.11 Å². The summed E-state index contributed by atoms with van der Waals surface area (Å²) in [5, 5.41) is 2.75. The number of nitrogens with one attached hydrogen (secondary N) is 1. The lowest BCUT2D eigenvalue weighted by Gasteiger charge is -2.20. The van der Waals surface area contributed by atoms with Gasteiger partial charge in [-0.25, -0.2) is 4.39 Å². The number of ether oxygens (including phenoxy) is 1. The SMILES string of the molecule is COc1ccccc1CNC(=O)CN(C(C)=O)c1ccc(F)cc1. The van der Waals surface area contributed by atoms with Gasteiger partial charge in [-0.15, -0.1) is 0 Å². The molecule has 2 amide bonds. The van der Waals surface area contributed by atoms with Crippen LogP contribution < -0.4 is 15.0 Å². The molecular weight excluding hydrogens is 311 g/mol. The Morgan fingerprint density at radius 2 is 1.79 bits per heavy atom. The van der Waals surface area contributed by atoms with Crippen LogP contribution in [0.15, 0.2) is 48.5 Å². The number of amides is 2. The van der Waals surface area contributed by atoms with Crippen molar-refractivity contribution in [3.05, 3.63) is 59.9 Å². The van der Waals surface area contributed by atoms with Gasteiger partial charge in [-0.3, -0.25) is 9.59 Å². The van der Waals surface area contributed by atoms with E-state index in [9.17, 15) is 14.0 Å². The van der Waals surface area contributed by atoms with Crippen LogP contribution >= 0.6 is 0 Å². The highest BCUT2D eigenvalue weighted by atomic mass is 19.1. The van der Waals surface area contributed by atoms with Gasteiger partial charge in [0.1, 0.15) is 18.1 Å². The average Bonchev–Trinajstić information content (AvgIpc) is 2.58. The number of hydrogen-bond acceptors (Lipinski definition) is 3. The second-order valence-corrected chi connectivity index (χ2v) is 5.17. The van der Waals surface area contributed by atoms with Crippen LogP contribution in [0.5, 0.6) is 5.75 Å². The molecule has 0 unspecified atom stereocenters. The molecule has 0 aliphatic heterocycles. The lowest BCUT2D eigenvalue weighted by molar-refractivity contribution is -0.123. The van der Waals surface area contributed by atoms with Gasteiger partial charge in [0, 0.05) is 24.7 Å². The van der Waals surface area contributed by atoms with E-state index < -0.39 is 5.82 Å². The Morgan fingerprint density at radius 1 is 1.12 bits per heavy atom. The summed E-state index contributed by atoms with van der Waals surface area (Å²) in [6, 6.07) is 12.8. The van der Waals surface area contributed by atoms with Crippen LogP contribution in [-0.4, -0.2) is 25.5 Å². The zero-order valence-electron chi connectivity index (χ0n) is 13.6. The van der Waals surface area contributed by atoms with Gasteiger partial charge < -0.3 is 15.0 Å². The Hall–Kier alpha value is -2.89. The van der Waals surface area contributed by atoms with Gasteiger partial charge in [0.25, 0.3) is 0 Å². The zero-order chi connectivity index (χ0) is 17.5. The molecule has 126 valence electrons. The molecular formula is C18H19FN2O3. The second kappa shape index (κ2) is 8.10. The number of methoxy groups -OCH3 is 1. The highest BCUT2D eigenvalue weighted by Crippen LogP contribution is 2.17. The molecule has 0 spiro atoms. The Bertz CT molecular complexity index is 716. The van der Waals surface area contributed by atoms with Crippen molar-refractivity contribution in [2.24, 2.45) is 0 Å². The van der Waals surface area contributed by atoms with Crippen molar-refractivity contribution in [1.82, 2.24) is 5.32 Å². The summed E-state index contributed by atoms with van der Waals surface area (Å²) in [4.78, 5) is 25.2. The first-order valence-electron chi connectivity index (χ1n) is 7.43. The van der Waals surface area contributed by atoms with E-state index in [4.69, 9.17) is 4.74 Å². The van der Waals surface area contributed by atoms with Crippen molar-refractivity contribution in [3.63, 3.8) is 0 Å². The van der Waals surface area contributed by atoms with Gasteiger partial charge in [0.2, 0.25) is 11.8 Å². The average molecular weight is 330 g/mol. The topological polar surface area (TPSA) is 58.6 Å². The van der Waals surface area contributed by atoms with Crippen LogP contribution in [0.4, 0.5) is 10.1 Å². The molecule has 1 N–H and O–H groups in total. The van der Waals surface area contributed by atoms with E-state index in [1.807, 2.05) is 24.3 Å². The molecule has 2 aromatic carbocycles. The minimum Gasteiger partial charge on any atom is -0.496 e. The first-order chi connectivity index (χ1) is 11.5. The Morgan fingerprint density at radius 3 is 2.42 bits per heavy atom. The van der Waals surface area contributed by atoms with Crippen LogP contribution in [0.2, 0.25) is 0 Å². The van der Waals surface area contributed by atoms with Crippen molar-refractivity contribution in [2.75, 3.05) is 18.6 Å². The highest BCUT2D eigenvalue weighted by Gasteiger charge is 2.16. The summed E-state index contributed by atoms with van der Waals surface area (Å²) in [7, 11) is 1.56. The number of anilines is 1. The molecule has 0 atom stereocenters. The first-order valence-corrected chi connectivity index (χ1v) is 7.43. The monoisotopic (exact) mass is 330 g/mol. The van der Waals surface area contributed by atoms with E-state index in [1.165, 1.54) is 36.1 Å². The summed E-state index contributed by atoms with van der Waals surface area (Å²) in [6.45, 7) is 1.50. The van der Waals surface area contributed by atoms with Crippen molar-refractivity contribution >= 4 is 17.5 Å². The maximum absolute atomic E-state index is 13.0. The number of rotatable bonds is 6. The highest BCUT2D eigenvalue weighted by molar-refractivity contribution is 5.97. The number of carbonyl (C=O) groups is 2. The molecule has 24 heavy (non-hydrogen) atoms. The predicted molar refractivity (Wildman–Crippen MR) is 89.3 cm³/mol. The molecule has 0 aliphatic carbocycles. The fourth-order valence-electron chi connectivity index (χ4n) is 2.25. The Balaban J connectivity index is 2.01. The summed E-state index contributed by atoms with van der Waals surface area (Å²) in [5.41, 5.74) is 1.31. The number of halogens is 1. The van der Waals surface area contributed by atoms with Gasteiger partial charge >= 0.3 is 0 Å². The van der Waals surface area contributed by atoms with Gasteiger partial charge in [0.15, 0.2) is 0 Å². The van der Waals surface area contributed by atoms with E-state index in [-0.39, 0.29) is 24.9 Å². The summed E-state index contributed by atoms with van der Waals surface area (Å²) < 4.78 is 18.2. The fourth-order valence-corrected chi connectivity index (χ4v) is 2.25. The van der Waals surface area contributed by atoms with Gasteiger partial charge in [-0.05, 0) is 30.3 Å². The summed E-state index contributed by atoms with van der Waals surface area (Å²) in [6.07, 6.45) is 0. The molecule has 0 heterocycles. The normalized spacial score (nSPS) is 10.1. The van der Waals surface area contributed by atoms with Crippen molar-refractivity contribution < 1.29 is 18.7 Å². The summed E-state index contributed by atoms with van der Waals surface area (Å²) in [5.74, 6) is -0.336. The number of para-hydroxylation sites is 1. The zero-order valence-corrected chi connectivity index (χ0v) is 13.6. The third kappa shape index (κ3) is 4.55. The van der Waals surface area contributed by atoms with E-state index in [0.717, 1.165) is 5.56 Å². The van der Waals surface area contributed by atoms with Crippen LogP contribution in [-0.2, 0) is 16.1 Å². The quantitative estimate of drug-likeness (QED) is 0.885. The van der Waals surface area contributed by atoms with Crippen LogP contribution in [0.25, 0.3) is 0 Å². The van der Waals surface area contributed by atoms with Crippen LogP contribution in [0, 0.1) is 5.82 Å². The molecule has 0 aliphatic rings. The second-order valence-electron chi connectivity index (χ2n) is 5.17. The maximum Gasteiger partial charge on any atom is 0.240 e. The number of hydrogen-bond donors (Lipinski definition) is 1. The number of benzene rings is 2. The molecule has 0 aromatic heterocycles. The molecule has 2 aromatic rings. The molecule has 5 nitrogen and oxygen atoms in total. The third-order valence-electron chi connectivity index (χ3n) is 3.49. The smallest absolute Gasteiger partial charge is 0.240 e. The van der Waals surface area contributed by atoms with Gasteiger partial charge in [-0.1, -0.05) is 18.2 Å². The molecule has 6 heteroatoms. The minimum atomic E-state index is -0.400. The molecule has 0 saturated carbocycles. The van der Waals surface area contributed by atoms with E-state index in [0.29, 0.717) is 11.4 Å². The molecule has 0 bridgehead atoms. The minimum absolute atomic E-state index is 0.143. The Kier molecular flexibility index (Phi) is 5.89. The van der Waals surface area contributed by atoms with Crippen LogP contribution in [0.1, 0.15) is 12.5 Å². The van der Waals surface area contributed by atoms with Crippen molar-refractivity contribution in [3.8, 4) is 5.75 Å². The maximum atomic E-state index is 13.0. The molecule has 0 saturated heterocycles. The fraction of sp³-hybridized carbons (Fsp3) is 0.222. The lowest BCUT2D eigenvalue weighted by atomic mass is 10.2. The predicted octanol–water partition coefficient (Wildman–Crippen LogP) is 2.50. The van der Waals surface area contributed by atoms with Crippen molar-refractivity contribution in [1.29, 1.82) is 0 Å². The van der Waals surface area contributed by atoms with E-state index in [2.05, 4.69) is 5.32 Å². The molecule has 0 fully saturated rings. The molecule has 0 radical (unpaired) electrons. The molecule has 2 rings (SSSR count). The standard InChI is InChI=1S/C18H19FN2O3/c1-13(22)21(16-9-7-15(19)8-10-16)12-18(23)20-11-14-5-3-4-6-17(14)24-2/h3-10H,11-12H2,1-2H3,(H,20,23). The third-order valence-corrected chi connectivity index (χ3v) is 3.49. The van der Waals surface area contributed by atoms with Gasteiger partial charge in [-0.2, -0.15) is 0 Å². The number of nitrogens with zero attached hydrogens (tertiary/aromatic N) is 1. The summed E-state index contributed by atoms with van der Waals surface area (Å²) >= 11 is 0. The lowest BCUT2D eigenvalue weighted by Crippen LogP contribution is -2.39. The first kappa shape index (κ1) is 17.5. The largest absolute Gasteiger partial charge is 0.496 e. The van der Waals surface area contributed by atoms with Gasteiger partial charge in [0.05, 0.1) is 7.11 Å².